The fourth-order valence-electron chi connectivity index (χ4n) is 2.02. The minimum atomic E-state index is -0.729. The maximum absolute atomic E-state index is 12.1. The van der Waals surface area contributed by atoms with Crippen molar-refractivity contribution in [2.75, 3.05) is 19.8 Å². The third-order valence-corrected chi connectivity index (χ3v) is 3.27. The first kappa shape index (κ1) is 12.9. The summed E-state index contributed by atoms with van der Waals surface area (Å²) in [7, 11) is 0. The largest absolute Gasteiger partial charge is 0.507 e. The standard InChI is InChI=1S/C13H17NO4/c1-9-3-2-4-10(11(9)16)12(17)14-13(7-15)5-6-18-8-13/h2-4,15-16H,5-8H2,1H3,(H,14,17). The lowest BCUT2D eigenvalue weighted by molar-refractivity contribution is 0.0787. The Morgan fingerprint density at radius 3 is 2.94 bits per heavy atom. The van der Waals surface area contributed by atoms with Crippen molar-refractivity contribution < 1.29 is 19.7 Å². The number of ether oxygens (including phenoxy) is 1. The van der Waals surface area contributed by atoms with Crippen LogP contribution >= 0.6 is 0 Å². The van der Waals surface area contributed by atoms with Gasteiger partial charge in [-0.2, -0.15) is 0 Å². The van der Waals surface area contributed by atoms with Crippen LogP contribution < -0.4 is 5.32 Å². The molecule has 1 aromatic carbocycles. The molecule has 18 heavy (non-hydrogen) atoms. The van der Waals surface area contributed by atoms with Crippen LogP contribution in [0.25, 0.3) is 0 Å². The summed E-state index contributed by atoms with van der Waals surface area (Å²) < 4.78 is 5.20. The molecule has 0 spiro atoms. The molecule has 1 atom stereocenters. The van der Waals surface area contributed by atoms with Crippen molar-refractivity contribution in [3.05, 3.63) is 29.3 Å². The minimum absolute atomic E-state index is 0.0259. The topological polar surface area (TPSA) is 78.8 Å². The van der Waals surface area contributed by atoms with Gasteiger partial charge in [-0.05, 0) is 25.0 Å². The summed E-state index contributed by atoms with van der Waals surface area (Å²) in [6.45, 7) is 2.36. The molecular formula is C13H17NO4. The van der Waals surface area contributed by atoms with Crippen molar-refractivity contribution in [1.29, 1.82) is 0 Å². The van der Waals surface area contributed by atoms with Crippen molar-refractivity contribution in [3.63, 3.8) is 0 Å². The quantitative estimate of drug-likeness (QED) is 0.734. The molecule has 5 nitrogen and oxygen atoms in total. The molecule has 1 aromatic rings. The first-order valence-corrected chi connectivity index (χ1v) is 5.88. The molecule has 1 heterocycles. The van der Waals surface area contributed by atoms with Gasteiger partial charge in [0.1, 0.15) is 5.75 Å². The Labute approximate surface area is 105 Å². The van der Waals surface area contributed by atoms with E-state index in [0.717, 1.165) is 0 Å². The van der Waals surface area contributed by atoms with Crippen molar-refractivity contribution in [1.82, 2.24) is 5.32 Å². The number of aliphatic hydroxyl groups excluding tert-OH is 1. The van der Waals surface area contributed by atoms with Crippen LogP contribution in [0.3, 0.4) is 0 Å². The number of para-hydroxylation sites is 1. The van der Waals surface area contributed by atoms with E-state index in [-0.39, 0.29) is 17.9 Å². The second-order valence-electron chi connectivity index (χ2n) is 4.67. The van der Waals surface area contributed by atoms with Crippen LogP contribution in [0.2, 0.25) is 0 Å². The zero-order chi connectivity index (χ0) is 13.2. The fourth-order valence-corrected chi connectivity index (χ4v) is 2.02. The molecule has 0 radical (unpaired) electrons. The minimum Gasteiger partial charge on any atom is -0.507 e. The van der Waals surface area contributed by atoms with E-state index in [4.69, 9.17) is 4.74 Å². The number of phenols is 1. The Balaban J connectivity index is 2.19. The summed E-state index contributed by atoms with van der Waals surface area (Å²) in [5.41, 5.74) is 0.130. The molecule has 0 saturated carbocycles. The van der Waals surface area contributed by atoms with Gasteiger partial charge in [-0.3, -0.25) is 4.79 Å². The normalized spacial score (nSPS) is 23.0. The number of aryl methyl sites for hydroxylation is 1. The highest BCUT2D eigenvalue weighted by Gasteiger charge is 2.36. The lowest BCUT2D eigenvalue weighted by atomic mass is 9.99. The molecular weight excluding hydrogens is 234 g/mol. The molecule has 1 amide bonds. The van der Waals surface area contributed by atoms with Gasteiger partial charge in [0, 0.05) is 6.61 Å². The van der Waals surface area contributed by atoms with Crippen LogP contribution in [-0.4, -0.2) is 41.5 Å². The Bertz CT molecular complexity index is 452. The van der Waals surface area contributed by atoms with E-state index in [2.05, 4.69) is 5.32 Å². The molecule has 1 fully saturated rings. The summed E-state index contributed by atoms with van der Waals surface area (Å²) in [5, 5.41) is 22.0. The summed E-state index contributed by atoms with van der Waals surface area (Å²) in [6, 6.07) is 4.99. The molecule has 2 rings (SSSR count). The van der Waals surface area contributed by atoms with E-state index in [1.165, 1.54) is 0 Å². The number of rotatable bonds is 3. The van der Waals surface area contributed by atoms with Crippen molar-refractivity contribution >= 4 is 5.91 Å². The lowest BCUT2D eigenvalue weighted by Crippen LogP contribution is -2.52. The van der Waals surface area contributed by atoms with Crippen LogP contribution in [0.5, 0.6) is 5.75 Å². The number of hydrogen-bond acceptors (Lipinski definition) is 4. The van der Waals surface area contributed by atoms with Crippen LogP contribution in [0, 0.1) is 6.92 Å². The SMILES string of the molecule is Cc1cccc(C(=O)NC2(CO)CCOC2)c1O. The number of aliphatic hydroxyl groups is 1. The number of benzene rings is 1. The van der Waals surface area contributed by atoms with Gasteiger partial charge in [-0.1, -0.05) is 12.1 Å². The third kappa shape index (κ3) is 2.32. The van der Waals surface area contributed by atoms with Crippen molar-refractivity contribution in [2.45, 2.75) is 18.9 Å². The van der Waals surface area contributed by atoms with Crippen LogP contribution in [-0.2, 0) is 4.74 Å². The van der Waals surface area contributed by atoms with E-state index in [1.54, 1.807) is 25.1 Å². The number of hydrogen-bond donors (Lipinski definition) is 3. The molecule has 3 N–H and O–H groups in total. The molecule has 1 saturated heterocycles. The maximum atomic E-state index is 12.1. The summed E-state index contributed by atoms with van der Waals surface area (Å²) >= 11 is 0. The van der Waals surface area contributed by atoms with Crippen LogP contribution in [0.4, 0.5) is 0 Å². The van der Waals surface area contributed by atoms with Gasteiger partial charge in [-0.15, -0.1) is 0 Å². The first-order valence-electron chi connectivity index (χ1n) is 5.88. The average Bonchev–Trinajstić information content (AvgIpc) is 2.81. The molecule has 1 unspecified atom stereocenters. The summed E-state index contributed by atoms with van der Waals surface area (Å²) in [6.07, 6.45) is 0.571. The highest BCUT2D eigenvalue weighted by atomic mass is 16.5. The van der Waals surface area contributed by atoms with Gasteiger partial charge in [0.2, 0.25) is 0 Å². The monoisotopic (exact) mass is 251 g/mol. The highest BCUT2D eigenvalue weighted by molar-refractivity contribution is 5.97. The second-order valence-corrected chi connectivity index (χ2v) is 4.67. The molecule has 0 aromatic heterocycles. The number of carbonyl (C=O) groups is 1. The first-order chi connectivity index (χ1) is 8.58. The van der Waals surface area contributed by atoms with E-state index in [1.807, 2.05) is 0 Å². The number of aromatic hydroxyl groups is 1. The molecule has 5 heteroatoms. The predicted octanol–water partition coefficient (Wildman–Crippen LogP) is 0.582. The number of carbonyl (C=O) groups excluding carboxylic acids is 1. The third-order valence-electron chi connectivity index (χ3n) is 3.27. The van der Waals surface area contributed by atoms with Gasteiger partial charge in [0.15, 0.2) is 0 Å². The predicted molar refractivity (Wildman–Crippen MR) is 65.6 cm³/mol. The average molecular weight is 251 g/mol. The van der Waals surface area contributed by atoms with E-state index in [9.17, 15) is 15.0 Å². The molecule has 98 valence electrons. The van der Waals surface area contributed by atoms with E-state index < -0.39 is 11.4 Å². The maximum Gasteiger partial charge on any atom is 0.255 e. The Morgan fingerprint density at radius 2 is 2.33 bits per heavy atom. The zero-order valence-electron chi connectivity index (χ0n) is 10.3. The fraction of sp³-hybridized carbons (Fsp3) is 0.462. The number of phenolic OH excluding ortho intramolecular Hbond substituents is 1. The Morgan fingerprint density at radius 1 is 1.56 bits per heavy atom. The summed E-state index contributed by atoms with van der Waals surface area (Å²) in [4.78, 5) is 12.1. The number of nitrogens with one attached hydrogen (secondary N) is 1. The molecule has 1 aliphatic heterocycles. The van der Waals surface area contributed by atoms with E-state index in [0.29, 0.717) is 25.2 Å². The van der Waals surface area contributed by atoms with Crippen LogP contribution in [0.1, 0.15) is 22.3 Å². The van der Waals surface area contributed by atoms with Crippen molar-refractivity contribution in [3.8, 4) is 5.75 Å². The smallest absolute Gasteiger partial charge is 0.255 e. The van der Waals surface area contributed by atoms with Gasteiger partial charge < -0.3 is 20.3 Å². The van der Waals surface area contributed by atoms with Crippen molar-refractivity contribution in [2.24, 2.45) is 0 Å². The van der Waals surface area contributed by atoms with Gasteiger partial charge in [-0.25, -0.2) is 0 Å². The molecule has 0 bridgehead atoms. The van der Waals surface area contributed by atoms with Crippen LogP contribution in [0.15, 0.2) is 18.2 Å². The second kappa shape index (κ2) is 4.96. The molecule has 1 aliphatic rings. The van der Waals surface area contributed by atoms with E-state index >= 15 is 0 Å². The Kier molecular flexibility index (Phi) is 3.54. The lowest BCUT2D eigenvalue weighted by Gasteiger charge is -2.26. The zero-order valence-corrected chi connectivity index (χ0v) is 10.3. The molecule has 0 aliphatic carbocycles. The van der Waals surface area contributed by atoms with Gasteiger partial charge in [0.25, 0.3) is 5.91 Å². The number of amides is 1. The summed E-state index contributed by atoms with van der Waals surface area (Å²) in [5.74, 6) is -0.419. The Hall–Kier alpha value is -1.59. The highest BCUT2D eigenvalue weighted by Crippen LogP contribution is 2.24. The van der Waals surface area contributed by atoms with Gasteiger partial charge >= 0.3 is 0 Å². The van der Waals surface area contributed by atoms with Gasteiger partial charge in [0.05, 0.1) is 24.3 Å².